The second-order valence-electron chi connectivity index (χ2n) is 4.30. The quantitative estimate of drug-likeness (QED) is 0.553. The minimum absolute atomic E-state index is 0.112. The van der Waals surface area contributed by atoms with Crippen molar-refractivity contribution in [1.82, 2.24) is 15.2 Å². The lowest BCUT2D eigenvalue weighted by Gasteiger charge is -2.17. The van der Waals surface area contributed by atoms with E-state index in [1.54, 1.807) is 24.6 Å². The van der Waals surface area contributed by atoms with E-state index in [1.165, 1.54) is 5.56 Å². The number of thiophene rings is 1. The minimum atomic E-state index is -0.112. The molecular formula is C12H16Br2N4OS. The van der Waals surface area contributed by atoms with Crippen molar-refractivity contribution in [3.8, 4) is 0 Å². The third-order valence-electron chi connectivity index (χ3n) is 2.94. The molecule has 0 saturated heterocycles. The molecule has 0 aliphatic rings. The first kappa shape index (κ1) is 16.1. The van der Waals surface area contributed by atoms with Crippen LogP contribution < -0.4 is 11.3 Å². The average Bonchev–Trinajstić information content (AvgIpc) is 2.94. The molecular weight excluding hydrogens is 408 g/mol. The SMILES string of the molecule is COCCn1ncc(Br)c1C(NN)c1cc(C)c(Br)s1. The Morgan fingerprint density at radius 2 is 2.30 bits per heavy atom. The highest BCUT2D eigenvalue weighted by Gasteiger charge is 2.23. The maximum Gasteiger partial charge on any atom is 0.0982 e. The van der Waals surface area contributed by atoms with E-state index in [9.17, 15) is 0 Å². The van der Waals surface area contributed by atoms with E-state index in [0.717, 1.165) is 18.8 Å². The van der Waals surface area contributed by atoms with E-state index in [0.29, 0.717) is 13.2 Å². The Morgan fingerprint density at radius 1 is 1.55 bits per heavy atom. The molecule has 1 atom stereocenters. The topological polar surface area (TPSA) is 65.1 Å². The maximum absolute atomic E-state index is 5.77. The summed E-state index contributed by atoms with van der Waals surface area (Å²) < 4.78 is 9.07. The predicted octanol–water partition coefficient (Wildman–Crippen LogP) is 2.98. The summed E-state index contributed by atoms with van der Waals surface area (Å²) in [5.41, 5.74) is 5.07. The lowest BCUT2D eigenvalue weighted by atomic mass is 10.1. The average molecular weight is 424 g/mol. The minimum Gasteiger partial charge on any atom is -0.383 e. The Morgan fingerprint density at radius 3 is 2.85 bits per heavy atom. The summed E-state index contributed by atoms with van der Waals surface area (Å²) in [5, 5.41) is 4.36. The number of aryl methyl sites for hydroxylation is 1. The fourth-order valence-electron chi connectivity index (χ4n) is 1.94. The summed E-state index contributed by atoms with van der Waals surface area (Å²) in [7, 11) is 1.68. The van der Waals surface area contributed by atoms with Crippen LogP contribution in [0.5, 0.6) is 0 Å². The first-order valence-corrected chi connectivity index (χ1v) is 8.40. The Bertz CT molecular complexity index is 565. The summed E-state index contributed by atoms with van der Waals surface area (Å²) in [4.78, 5) is 1.14. The highest BCUT2D eigenvalue weighted by atomic mass is 79.9. The molecule has 0 amide bonds. The molecule has 20 heavy (non-hydrogen) atoms. The highest BCUT2D eigenvalue weighted by molar-refractivity contribution is 9.11. The number of hydrogen-bond acceptors (Lipinski definition) is 5. The molecule has 0 fully saturated rings. The van der Waals surface area contributed by atoms with Gasteiger partial charge in [0.05, 0.1) is 39.3 Å². The van der Waals surface area contributed by atoms with Crippen LogP contribution in [0.2, 0.25) is 0 Å². The number of nitrogens with one attached hydrogen (secondary N) is 1. The van der Waals surface area contributed by atoms with E-state index < -0.39 is 0 Å². The summed E-state index contributed by atoms with van der Waals surface area (Å²) in [5.74, 6) is 5.77. The Kier molecular flexibility index (Phi) is 5.76. The predicted molar refractivity (Wildman–Crippen MR) is 87.7 cm³/mol. The van der Waals surface area contributed by atoms with Crippen molar-refractivity contribution >= 4 is 43.2 Å². The number of nitrogens with two attached hydrogens (primary N) is 1. The molecule has 2 aromatic heterocycles. The summed E-state index contributed by atoms with van der Waals surface area (Å²) in [6, 6.07) is 2.01. The summed E-state index contributed by atoms with van der Waals surface area (Å²) in [6.45, 7) is 3.35. The lowest BCUT2D eigenvalue weighted by Crippen LogP contribution is -2.30. The van der Waals surface area contributed by atoms with Crippen LogP contribution >= 0.6 is 43.2 Å². The van der Waals surface area contributed by atoms with E-state index in [2.05, 4.69) is 55.4 Å². The normalized spacial score (nSPS) is 12.8. The van der Waals surface area contributed by atoms with Gasteiger partial charge < -0.3 is 4.74 Å². The van der Waals surface area contributed by atoms with Gasteiger partial charge in [-0.05, 0) is 50.4 Å². The molecule has 0 aliphatic carbocycles. The maximum atomic E-state index is 5.77. The van der Waals surface area contributed by atoms with Gasteiger partial charge in [0.25, 0.3) is 0 Å². The van der Waals surface area contributed by atoms with Gasteiger partial charge >= 0.3 is 0 Å². The number of nitrogens with zero attached hydrogens (tertiary/aromatic N) is 2. The van der Waals surface area contributed by atoms with Crippen molar-refractivity contribution in [3.05, 3.63) is 36.7 Å². The molecule has 2 rings (SSSR count). The number of methoxy groups -OCH3 is 1. The molecule has 0 aromatic carbocycles. The molecule has 1 unspecified atom stereocenters. The number of ether oxygens (including phenoxy) is 1. The second-order valence-corrected chi connectivity index (χ2v) is 7.55. The van der Waals surface area contributed by atoms with Gasteiger partial charge in [0.2, 0.25) is 0 Å². The van der Waals surface area contributed by atoms with Crippen molar-refractivity contribution in [2.24, 2.45) is 5.84 Å². The molecule has 3 N–H and O–H groups in total. The van der Waals surface area contributed by atoms with Crippen LogP contribution in [-0.2, 0) is 11.3 Å². The zero-order valence-corrected chi connectivity index (χ0v) is 15.2. The number of rotatable bonds is 6. The number of halogens is 2. The van der Waals surface area contributed by atoms with Crippen molar-refractivity contribution in [2.75, 3.05) is 13.7 Å². The molecule has 0 spiro atoms. The van der Waals surface area contributed by atoms with Gasteiger partial charge in [-0.25, -0.2) is 5.43 Å². The first-order chi connectivity index (χ1) is 9.58. The summed E-state index contributed by atoms with van der Waals surface area (Å²) >= 11 is 8.77. The first-order valence-electron chi connectivity index (χ1n) is 6.00. The smallest absolute Gasteiger partial charge is 0.0982 e. The van der Waals surface area contributed by atoms with Crippen molar-refractivity contribution in [2.45, 2.75) is 19.5 Å². The van der Waals surface area contributed by atoms with Crippen molar-refractivity contribution in [1.29, 1.82) is 0 Å². The fourth-order valence-corrected chi connectivity index (χ4v) is 4.10. The van der Waals surface area contributed by atoms with E-state index in [-0.39, 0.29) is 6.04 Å². The Hall–Kier alpha value is -0.250. The Balaban J connectivity index is 2.38. The van der Waals surface area contributed by atoms with Crippen molar-refractivity contribution < 1.29 is 4.74 Å². The van der Waals surface area contributed by atoms with Crippen LogP contribution in [-0.4, -0.2) is 23.5 Å². The largest absolute Gasteiger partial charge is 0.383 e. The molecule has 110 valence electrons. The van der Waals surface area contributed by atoms with Crippen molar-refractivity contribution in [3.63, 3.8) is 0 Å². The highest BCUT2D eigenvalue weighted by Crippen LogP contribution is 2.36. The summed E-state index contributed by atoms with van der Waals surface area (Å²) in [6.07, 6.45) is 1.78. The number of hydrazine groups is 1. The molecule has 5 nitrogen and oxygen atoms in total. The van der Waals surface area contributed by atoms with Crippen LogP contribution in [0.1, 0.15) is 22.2 Å². The third kappa shape index (κ3) is 3.32. The Labute approximate surface area is 138 Å². The van der Waals surface area contributed by atoms with E-state index >= 15 is 0 Å². The zero-order chi connectivity index (χ0) is 14.7. The standard InChI is InChI=1S/C12H16Br2N4OS/c1-7-5-9(20-12(7)14)10(17-15)11-8(13)6-16-18(11)3-4-19-2/h5-6,10,17H,3-4,15H2,1-2H3. The zero-order valence-electron chi connectivity index (χ0n) is 11.2. The third-order valence-corrected chi connectivity index (χ3v) is 5.75. The second kappa shape index (κ2) is 7.15. The van der Waals surface area contributed by atoms with Gasteiger partial charge in [-0.15, -0.1) is 11.3 Å². The molecule has 0 saturated carbocycles. The van der Waals surface area contributed by atoms with Crippen LogP contribution in [0.4, 0.5) is 0 Å². The molecule has 2 heterocycles. The molecule has 0 bridgehead atoms. The van der Waals surface area contributed by atoms with Crippen LogP contribution in [0.15, 0.2) is 20.5 Å². The molecule has 2 aromatic rings. The number of aromatic nitrogens is 2. The van der Waals surface area contributed by atoms with E-state index in [4.69, 9.17) is 10.6 Å². The lowest BCUT2D eigenvalue weighted by molar-refractivity contribution is 0.182. The molecule has 0 aliphatic heterocycles. The molecule has 8 heteroatoms. The van der Waals surface area contributed by atoms with Gasteiger partial charge in [0, 0.05) is 12.0 Å². The van der Waals surface area contributed by atoms with Gasteiger partial charge in [-0.1, -0.05) is 0 Å². The fraction of sp³-hybridized carbons (Fsp3) is 0.417. The van der Waals surface area contributed by atoms with Crippen LogP contribution in [0.25, 0.3) is 0 Å². The van der Waals surface area contributed by atoms with Crippen LogP contribution in [0, 0.1) is 6.92 Å². The van der Waals surface area contributed by atoms with Gasteiger partial charge in [-0.3, -0.25) is 10.5 Å². The van der Waals surface area contributed by atoms with E-state index in [1.807, 2.05) is 4.68 Å². The number of hydrogen-bond donors (Lipinski definition) is 2. The monoisotopic (exact) mass is 422 g/mol. The van der Waals surface area contributed by atoms with Gasteiger partial charge in [0.1, 0.15) is 0 Å². The van der Waals surface area contributed by atoms with Gasteiger partial charge in [-0.2, -0.15) is 5.10 Å². The van der Waals surface area contributed by atoms with Gasteiger partial charge in [0.15, 0.2) is 0 Å². The molecule has 0 radical (unpaired) electrons. The van der Waals surface area contributed by atoms with Crippen LogP contribution in [0.3, 0.4) is 0 Å².